The first-order chi connectivity index (χ1) is 18.5. The van der Waals surface area contributed by atoms with Gasteiger partial charge < -0.3 is 9.13 Å². The Morgan fingerprint density at radius 2 is 1.00 bits per heavy atom. The standard InChI is InChI=1S/C30H20F2N4O2/c31-21-9-5-19(6-10-21)15-35-17-25(23-3-1-13-33-29(23)35)27(37)28(38)26-18-36(30-24(26)4-2-14-34-30)16-20-7-11-22(32)12-8-20/h1-14,17-18H,15-16H2. The Morgan fingerprint density at radius 3 is 1.39 bits per heavy atom. The first-order valence-electron chi connectivity index (χ1n) is 11.9. The van der Waals surface area contributed by atoms with Gasteiger partial charge in [-0.05, 0) is 59.7 Å². The molecule has 0 fully saturated rings. The normalized spacial score (nSPS) is 11.3. The Morgan fingerprint density at radius 1 is 0.605 bits per heavy atom. The highest BCUT2D eigenvalue weighted by molar-refractivity contribution is 6.52. The zero-order chi connectivity index (χ0) is 26.2. The first kappa shape index (κ1) is 23.4. The average molecular weight is 507 g/mol. The molecule has 186 valence electrons. The topological polar surface area (TPSA) is 69.8 Å². The summed E-state index contributed by atoms with van der Waals surface area (Å²) in [7, 11) is 0. The number of aromatic nitrogens is 4. The minimum absolute atomic E-state index is 0.239. The van der Waals surface area contributed by atoms with Gasteiger partial charge >= 0.3 is 0 Å². The number of carbonyl (C=O) groups is 2. The number of nitrogens with zero attached hydrogens (tertiary/aromatic N) is 4. The van der Waals surface area contributed by atoms with Crippen LogP contribution in [0.5, 0.6) is 0 Å². The molecule has 0 aliphatic carbocycles. The summed E-state index contributed by atoms with van der Waals surface area (Å²) in [5, 5.41) is 1.11. The number of hydrogen-bond donors (Lipinski definition) is 0. The third kappa shape index (κ3) is 4.26. The van der Waals surface area contributed by atoms with Gasteiger partial charge in [0, 0.05) is 48.6 Å². The highest BCUT2D eigenvalue weighted by Crippen LogP contribution is 2.26. The lowest BCUT2D eigenvalue weighted by atomic mass is 10.0. The van der Waals surface area contributed by atoms with Gasteiger partial charge in [-0.3, -0.25) is 9.59 Å². The van der Waals surface area contributed by atoms with E-state index in [9.17, 15) is 18.4 Å². The van der Waals surface area contributed by atoms with Crippen molar-refractivity contribution in [1.82, 2.24) is 19.1 Å². The van der Waals surface area contributed by atoms with Crippen molar-refractivity contribution in [3.63, 3.8) is 0 Å². The van der Waals surface area contributed by atoms with E-state index in [1.807, 2.05) is 0 Å². The van der Waals surface area contributed by atoms with Crippen LogP contribution in [0.25, 0.3) is 22.1 Å². The van der Waals surface area contributed by atoms with Gasteiger partial charge in [0.15, 0.2) is 0 Å². The molecule has 0 radical (unpaired) electrons. The lowest BCUT2D eigenvalue weighted by molar-refractivity contribution is 0.0818. The summed E-state index contributed by atoms with van der Waals surface area (Å²) in [6.45, 7) is 0.715. The molecule has 0 bridgehead atoms. The van der Waals surface area contributed by atoms with Crippen molar-refractivity contribution in [3.05, 3.63) is 131 Å². The maximum absolute atomic E-state index is 13.6. The van der Waals surface area contributed by atoms with Crippen LogP contribution in [0, 0.1) is 11.6 Å². The fourth-order valence-corrected chi connectivity index (χ4v) is 4.67. The molecule has 4 heterocycles. The summed E-state index contributed by atoms with van der Waals surface area (Å²) < 4.78 is 30.3. The average Bonchev–Trinajstić information content (AvgIpc) is 3.49. The number of rotatable bonds is 7. The molecule has 0 saturated carbocycles. The maximum Gasteiger partial charge on any atom is 0.235 e. The van der Waals surface area contributed by atoms with Crippen LogP contribution in [0.1, 0.15) is 31.8 Å². The SMILES string of the molecule is O=C(C(=O)c1cn(Cc2ccc(F)cc2)c2ncccc12)c1cn(Cc2ccc(F)cc2)c2ncccc12. The maximum atomic E-state index is 13.6. The van der Waals surface area contributed by atoms with Gasteiger partial charge in [0.1, 0.15) is 22.9 Å². The monoisotopic (exact) mass is 506 g/mol. The van der Waals surface area contributed by atoms with Gasteiger partial charge in [-0.2, -0.15) is 0 Å². The van der Waals surface area contributed by atoms with Crippen LogP contribution >= 0.6 is 0 Å². The number of ketones is 2. The van der Waals surface area contributed by atoms with Crippen molar-refractivity contribution in [1.29, 1.82) is 0 Å². The molecule has 0 spiro atoms. The smallest absolute Gasteiger partial charge is 0.235 e. The number of halogens is 2. The van der Waals surface area contributed by atoms with Gasteiger partial charge in [-0.25, -0.2) is 18.7 Å². The fraction of sp³-hybridized carbons (Fsp3) is 0.0667. The lowest BCUT2D eigenvalue weighted by Gasteiger charge is -2.04. The molecule has 8 heteroatoms. The number of carbonyl (C=O) groups excluding carboxylic acids is 2. The minimum atomic E-state index is -0.662. The first-order valence-corrected chi connectivity index (χ1v) is 11.9. The predicted molar refractivity (Wildman–Crippen MR) is 139 cm³/mol. The minimum Gasteiger partial charge on any atom is -0.327 e. The molecule has 0 aliphatic heterocycles. The van der Waals surface area contributed by atoms with Crippen LogP contribution < -0.4 is 0 Å². The molecular formula is C30H20F2N4O2. The Labute approximate surface area is 215 Å². The van der Waals surface area contributed by atoms with E-state index in [0.717, 1.165) is 11.1 Å². The second kappa shape index (κ2) is 9.48. The number of fused-ring (bicyclic) bond motifs is 2. The third-order valence-electron chi connectivity index (χ3n) is 6.50. The number of benzene rings is 2. The van der Waals surface area contributed by atoms with Crippen LogP contribution in [0.15, 0.2) is 97.6 Å². The van der Waals surface area contributed by atoms with Gasteiger partial charge in [0.2, 0.25) is 11.6 Å². The van der Waals surface area contributed by atoms with Crippen LogP contribution in [-0.2, 0) is 13.1 Å². The quantitative estimate of drug-likeness (QED) is 0.202. The predicted octanol–water partition coefficient (Wildman–Crippen LogP) is 5.83. The molecule has 0 aliphatic rings. The summed E-state index contributed by atoms with van der Waals surface area (Å²) in [5.41, 5.74) is 3.23. The fourth-order valence-electron chi connectivity index (χ4n) is 4.67. The molecule has 4 aromatic heterocycles. The third-order valence-corrected chi connectivity index (χ3v) is 6.50. The Bertz CT molecular complexity index is 1680. The molecule has 6 nitrogen and oxygen atoms in total. The molecule has 38 heavy (non-hydrogen) atoms. The van der Waals surface area contributed by atoms with E-state index in [0.29, 0.717) is 35.2 Å². The second-order valence-electron chi connectivity index (χ2n) is 9.00. The molecule has 6 aromatic rings. The summed E-state index contributed by atoms with van der Waals surface area (Å²) in [6.07, 6.45) is 6.48. The highest BCUT2D eigenvalue weighted by Gasteiger charge is 2.26. The lowest BCUT2D eigenvalue weighted by Crippen LogP contribution is -2.14. The van der Waals surface area contributed by atoms with E-state index in [1.165, 1.54) is 24.3 Å². The zero-order valence-electron chi connectivity index (χ0n) is 20.0. The summed E-state index contributed by atoms with van der Waals surface area (Å²) in [6, 6.07) is 19.1. The summed E-state index contributed by atoms with van der Waals surface area (Å²) in [4.78, 5) is 36.1. The van der Waals surface area contributed by atoms with E-state index in [2.05, 4.69) is 9.97 Å². The molecule has 2 aromatic carbocycles. The second-order valence-corrected chi connectivity index (χ2v) is 9.00. The number of Topliss-reactive ketones (excluding diaryl/α,β-unsaturated/α-hetero) is 2. The molecule has 0 saturated heterocycles. The molecule has 6 rings (SSSR count). The zero-order valence-corrected chi connectivity index (χ0v) is 20.0. The van der Waals surface area contributed by atoms with Crippen molar-refractivity contribution in [2.24, 2.45) is 0 Å². The molecule has 0 N–H and O–H groups in total. The van der Waals surface area contributed by atoms with Crippen molar-refractivity contribution in [2.45, 2.75) is 13.1 Å². The van der Waals surface area contributed by atoms with E-state index < -0.39 is 11.6 Å². The van der Waals surface area contributed by atoms with Gasteiger partial charge in [-0.1, -0.05) is 24.3 Å². The van der Waals surface area contributed by atoms with Crippen molar-refractivity contribution in [3.8, 4) is 0 Å². The van der Waals surface area contributed by atoms with Gasteiger partial charge in [-0.15, -0.1) is 0 Å². The summed E-state index contributed by atoms with van der Waals surface area (Å²) in [5.74, 6) is -1.99. The molecular weight excluding hydrogens is 486 g/mol. The van der Waals surface area contributed by atoms with Crippen LogP contribution in [0.4, 0.5) is 8.78 Å². The van der Waals surface area contributed by atoms with E-state index in [1.54, 1.807) is 82.5 Å². The Kier molecular flexibility index (Phi) is 5.84. The Balaban J connectivity index is 1.38. The number of pyridine rings is 2. The van der Waals surface area contributed by atoms with Crippen LogP contribution in [0.2, 0.25) is 0 Å². The van der Waals surface area contributed by atoms with Crippen molar-refractivity contribution in [2.75, 3.05) is 0 Å². The van der Waals surface area contributed by atoms with Crippen LogP contribution in [-0.4, -0.2) is 30.7 Å². The van der Waals surface area contributed by atoms with Gasteiger partial charge in [0.05, 0.1) is 11.1 Å². The molecule has 0 atom stereocenters. The Hall–Kier alpha value is -4.98. The largest absolute Gasteiger partial charge is 0.327 e. The van der Waals surface area contributed by atoms with Gasteiger partial charge in [0.25, 0.3) is 0 Å². The summed E-state index contributed by atoms with van der Waals surface area (Å²) >= 11 is 0. The van der Waals surface area contributed by atoms with Crippen molar-refractivity contribution < 1.29 is 18.4 Å². The van der Waals surface area contributed by atoms with Crippen LogP contribution in [0.3, 0.4) is 0 Å². The van der Waals surface area contributed by atoms with Crippen molar-refractivity contribution >= 4 is 33.6 Å². The van der Waals surface area contributed by atoms with E-state index >= 15 is 0 Å². The van der Waals surface area contributed by atoms with E-state index in [-0.39, 0.29) is 22.8 Å². The number of hydrogen-bond acceptors (Lipinski definition) is 4. The van der Waals surface area contributed by atoms with E-state index in [4.69, 9.17) is 0 Å². The molecule has 0 amide bonds. The highest BCUT2D eigenvalue weighted by atomic mass is 19.1. The molecule has 0 unspecified atom stereocenters.